The molecule has 0 N–H and O–H groups in total. The Labute approximate surface area is 292 Å². The molecule has 0 aliphatic carbocycles. The minimum Gasteiger partial charge on any atom is -0.456 e. The van der Waals surface area contributed by atoms with Crippen LogP contribution in [0.15, 0.2) is 168 Å². The Morgan fingerprint density at radius 3 is 1.63 bits per heavy atom. The monoisotopic (exact) mass is 649 g/mol. The average molecular weight is 650 g/mol. The third-order valence-corrected chi connectivity index (χ3v) is 10.3. The molecule has 0 bridgehead atoms. The Balaban J connectivity index is 1.18. The Morgan fingerprint density at radius 2 is 0.882 bits per heavy atom. The van der Waals surface area contributed by atoms with Gasteiger partial charge in [0, 0.05) is 27.5 Å². The van der Waals surface area contributed by atoms with Crippen LogP contribution in [-0.2, 0) is 0 Å². The molecule has 11 rings (SSSR count). The van der Waals surface area contributed by atoms with Crippen molar-refractivity contribution in [2.24, 2.45) is 0 Å². The molecule has 0 spiro atoms. The zero-order chi connectivity index (χ0) is 33.5. The van der Waals surface area contributed by atoms with E-state index in [1.165, 1.54) is 43.1 Å². The molecule has 0 amide bonds. The lowest BCUT2D eigenvalue weighted by atomic mass is 9.88. The molecule has 4 heteroatoms. The third kappa shape index (κ3) is 4.23. The maximum atomic E-state index is 6.65. The summed E-state index contributed by atoms with van der Waals surface area (Å²) in [4.78, 5) is 15.1. The van der Waals surface area contributed by atoms with E-state index in [0.717, 1.165) is 49.8 Å². The lowest BCUT2D eigenvalue weighted by molar-refractivity contribution is 0.669. The summed E-state index contributed by atoms with van der Waals surface area (Å²) in [6.45, 7) is 0. The van der Waals surface area contributed by atoms with Gasteiger partial charge in [-0.3, -0.25) is 0 Å². The van der Waals surface area contributed by atoms with Gasteiger partial charge in [0.2, 0.25) is 0 Å². The van der Waals surface area contributed by atoms with Crippen molar-refractivity contribution >= 4 is 65.0 Å². The molecular weight excluding hydrogens is 623 g/mol. The van der Waals surface area contributed by atoms with E-state index in [1.54, 1.807) is 0 Å². The van der Waals surface area contributed by atoms with Crippen molar-refractivity contribution < 1.29 is 4.42 Å². The zero-order valence-electron chi connectivity index (χ0n) is 27.3. The van der Waals surface area contributed by atoms with E-state index in [1.807, 2.05) is 60.7 Å². The summed E-state index contributed by atoms with van der Waals surface area (Å²) in [6.07, 6.45) is 0. The third-order valence-electron chi connectivity index (χ3n) is 10.3. The number of aromatic nitrogens is 3. The topological polar surface area (TPSA) is 51.8 Å². The summed E-state index contributed by atoms with van der Waals surface area (Å²) in [6, 6.07) is 57.3. The number of furan rings is 1. The number of rotatable bonds is 4. The molecule has 236 valence electrons. The van der Waals surface area contributed by atoms with Crippen molar-refractivity contribution in [3.8, 4) is 45.3 Å². The van der Waals surface area contributed by atoms with Gasteiger partial charge in [-0.05, 0) is 78.5 Å². The first-order valence-electron chi connectivity index (χ1n) is 17.2. The molecule has 0 radical (unpaired) electrons. The van der Waals surface area contributed by atoms with Gasteiger partial charge >= 0.3 is 0 Å². The largest absolute Gasteiger partial charge is 0.456 e. The second kappa shape index (κ2) is 10.8. The molecule has 2 heterocycles. The number of nitrogens with zero attached hydrogens (tertiary/aromatic N) is 3. The molecule has 4 nitrogen and oxygen atoms in total. The fourth-order valence-electron chi connectivity index (χ4n) is 7.98. The smallest absolute Gasteiger partial charge is 0.164 e. The van der Waals surface area contributed by atoms with Crippen molar-refractivity contribution in [2.45, 2.75) is 0 Å². The minimum atomic E-state index is 0.640. The van der Waals surface area contributed by atoms with Gasteiger partial charge < -0.3 is 4.42 Å². The number of hydrogen-bond donors (Lipinski definition) is 0. The number of fused-ring (bicyclic) bond motifs is 6. The maximum absolute atomic E-state index is 6.65. The van der Waals surface area contributed by atoms with Crippen LogP contribution in [0.25, 0.3) is 110 Å². The molecule has 0 saturated carbocycles. The Bertz CT molecular complexity index is 3070. The molecule has 0 saturated heterocycles. The van der Waals surface area contributed by atoms with Gasteiger partial charge in [-0.25, -0.2) is 15.0 Å². The van der Waals surface area contributed by atoms with E-state index in [9.17, 15) is 0 Å². The predicted octanol–water partition coefficient (Wildman–Crippen LogP) is 12.5. The van der Waals surface area contributed by atoms with Gasteiger partial charge in [-0.15, -0.1) is 0 Å². The summed E-state index contributed by atoms with van der Waals surface area (Å²) < 4.78 is 6.65. The van der Waals surface area contributed by atoms with Gasteiger partial charge in [0.25, 0.3) is 0 Å². The van der Waals surface area contributed by atoms with Crippen LogP contribution in [-0.4, -0.2) is 15.0 Å². The highest BCUT2D eigenvalue weighted by Crippen LogP contribution is 2.47. The van der Waals surface area contributed by atoms with Crippen LogP contribution in [0.5, 0.6) is 0 Å². The van der Waals surface area contributed by atoms with Crippen molar-refractivity contribution in [2.75, 3.05) is 0 Å². The second-order valence-corrected chi connectivity index (χ2v) is 13.1. The molecule has 0 unspecified atom stereocenters. The van der Waals surface area contributed by atoms with E-state index in [4.69, 9.17) is 19.4 Å². The van der Waals surface area contributed by atoms with Crippen molar-refractivity contribution in [3.05, 3.63) is 164 Å². The van der Waals surface area contributed by atoms with Gasteiger partial charge in [0.15, 0.2) is 17.5 Å². The first kappa shape index (κ1) is 28.0. The van der Waals surface area contributed by atoms with Crippen LogP contribution in [0.3, 0.4) is 0 Å². The molecule has 0 fully saturated rings. The van der Waals surface area contributed by atoms with E-state index in [2.05, 4.69) is 103 Å². The lowest BCUT2D eigenvalue weighted by Crippen LogP contribution is -2.00. The van der Waals surface area contributed by atoms with Crippen LogP contribution in [0, 0.1) is 0 Å². The first-order valence-corrected chi connectivity index (χ1v) is 17.2. The molecule has 0 aliphatic rings. The quantitative estimate of drug-likeness (QED) is 0.178. The van der Waals surface area contributed by atoms with Crippen LogP contribution in [0.1, 0.15) is 0 Å². The van der Waals surface area contributed by atoms with E-state index < -0.39 is 0 Å². The first-order chi connectivity index (χ1) is 25.3. The molecule has 51 heavy (non-hydrogen) atoms. The Morgan fingerprint density at radius 1 is 0.314 bits per heavy atom. The Kier molecular flexibility index (Phi) is 5.92. The summed E-state index contributed by atoms with van der Waals surface area (Å²) in [5, 5.41) is 12.0. The molecular formula is C47H27N3O. The van der Waals surface area contributed by atoms with Crippen molar-refractivity contribution in [1.29, 1.82) is 0 Å². The molecule has 2 aromatic heterocycles. The van der Waals surface area contributed by atoms with Crippen LogP contribution >= 0.6 is 0 Å². The highest BCUT2D eigenvalue weighted by molar-refractivity contribution is 6.37. The molecule has 0 atom stereocenters. The van der Waals surface area contributed by atoms with Gasteiger partial charge in [-0.2, -0.15) is 0 Å². The van der Waals surface area contributed by atoms with Crippen LogP contribution in [0.2, 0.25) is 0 Å². The summed E-state index contributed by atoms with van der Waals surface area (Å²) >= 11 is 0. The highest BCUT2D eigenvalue weighted by atomic mass is 16.3. The van der Waals surface area contributed by atoms with E-state index in [-0.39, 0.29) is 0 Å². The fraction of sp³-hybridized carbons (Fsp3) is 0. The molecule has 11 aromatic rings. The second-order valence-electron chi connectivity index (χ2n) is 13.1. The van der Waals surface area contributed by atoms with Crippen molar-refractivity contribution in [1.82, 2.24) is 15.0 Å². The summed E-state index contributed by atoms with van der Waals surface area (Å²) in [7, 11) is 0. The van der Waals surface area contributed by atoms with Gasteiger partial charge in [0.05, 0.1) is 0 Å². The van der Waals surface area contributed by atoms with E-state index >= 15 is 0 Å². The highest BCUT2D eigenvalue weighted by Gasteiger charge is 2.21. The van der Waals surface area contributed by atoms with Gasteiger partial charge in [0.1, 0.15) is 11.2 Å². The van der Waals surface area contributed by atoms with Crippen molar-refractivity contribution in [3.63, 3.8) is 0 Å². The maximum Gasteiger partial charge on any atom is 0.164 e. The minimum absolute atomic E-state index is 0.640. The predicted molar refractivity (Wildman–Crippen MR) is 210 cm³/mol. The number of hydrogen-bond acceptors (Lipinski definition) is 4. The van der Waals surface area contributed by atoms with Gasteiger partial charge in [-0.1, -0.05) is 140 Å². The standard InChI is InChI=1S/C47H27N3O/c1-3-13-29(14-4-1)45-48-46(30-15-5-2-6-16-30)50-47(49-45)38-25-24-32(34-18-9-10-19-35(34)38)31-26-39-42-33-17-8-7-12-28(33)22-23-37(42)36-20-11-21-40-43(36)44(39)41(27-31)51-40/h1-27H. The Hall–Kier alpha value is -6.91. The normalized spacial score (nSPS) is 11.9. The summed E-state index contributed by atoms with van der Waals surface area (Å²) in [5.41, 5.74) is 6.89. The molecule has 9 aromatic carbocycles. The van der Waals surface area contributed by atoms with Crippen LogP contribution < -0.4 is 0 Å². The lowest BCUT2D eigenvalue weighted by Gasteiger charge is -2.15. The summed E-state index contributed by atoms with van der Waals surface area (Å²) in [5.74, 6) is 1.93. The number of benzene rings is 9. The zero-order valence-corrected chi connectivity index (χ0v) is 27.3. The SMILES string of the molecule is c1ccc(-c2nc(-c3ccccc3)nc(-c3ccc(-c4cc5oc6cccc7c8ccc9ccccc9c8c(c4)c5c67)c4ccccc34)n2)cc1. The van der Waals surface area contributed by atoms with Crippen LogP contribution in [0.4, 0.5) is 0 Å². The van der Waals surface area contributed by atoms with E-state index in [0.29, 0.717) is 17.5 Å². The fourth-order valence-corrected chi connectivity index (χ4v) is 7.98. The molecule has 0 aliphatic heterocycles. The average Bonchev–Trinajstić information content (AvgIpc) is 3.59.